The Hall–Kier alpha value is -1.74. The number of piperazine rings is 1. The molecule has 0 aromatic carbocycles. The Morgan fingerprint density at radius 3 is 2.78 bits per heavy atom. The maximum Gasteiger partial charge on any atom is 0.261 e. The first-order chi connectivity index (χ1) is 8.46. The maximum atomic E-state index is 12.2. The van der Waals surface area contributed by atoms with Crippen LogP contribution in [0.4, 0.5) is 0 Å². The molecule has 2 heterocycles. The van der Waals surface area contributed by atoms with Gasteiger partial charge in [-0.05, 0) is 6.42 Å². The summed E-state index contributed by atoms with van der Waals surface area (Å²) in [7, 11) is -3.91. The van der Waals surface area contributed by atoms with E-state index in [4.69, 9.17) is 0 Å². The zero-order valence-electron chi connectivity index (χ0n) is 9.58. The summed E-state index contributed by atoms with van der Waals surface area (Å²) in [4.78, 5) is 29.0. The fourth-order valence-corrected chi connectivity index (χ4v) is 3.31. The number of amides is 2. The Morgan fingerprint density at radius 1 is 1.50 bits per heavy atom. The van der Waals surface area contributed by atoms with Crippen LogP contribution in [0.1, 0.15) is 13.3 Å². The number of nitrogens with one attached hydrogen (secondary N) is 2. The van der Waals surface area contributed by atoms with E-state index in [1.807, 2.05) is 0 Å². The molecule has 0 saturated carbocycles. The number of hydrogen-bond donors (Lipinski definition) is 2. The van der Waals surface area contributed by atoms with Crippen LogP contribution in [0.25, 0.3) is 0 Å². The van der Waals surface area contributed by atoms with Gasteiger partial charge in [0.15, 0.2) is 5.03 Å². The third-order valence-corrected chi connectivity index (χ3v) is 4.44. The first-order valence-corrected chi connectivity index (χ1v) is 6.74. The van der Waals surface area contributed by atoms with Crippen LogP contribution >= 0.6 is 0 Å². The third kappa shape index (κ3) is 2.02. The molecule has 8 nitrogen and oxygen atoms in total. The van der Waals surface area contributed by atoms with Gasteiger partial charge >= 0.3 is 0 Å². The van der Waals surface area contributed by atoms with Crippen molar-refractivity contribution in [1.82, 2.24) is 19.6 Å². The lowest BCUT2D eigenvalue weighted by Crippen LogP contribution is -2.59. The monoisotopic (exact) mass is 272 g/mol. The zero-order chi connectivity index (χ0) is 13.3. The fraction of sp³-hybridized carbons (Fsp3) is 0.444. The quantitative estimate of drug-likeness (QED) is 0.674. The number of carbonyl (C=O) groups is 2. The van der Waals surface area contributed by atoms with E-state index in [0.717, 1.165) is 10.5 Å². The van der Waals surface area contributed by atoms with Gasteiger partial charge in [-0.2, -0.15) is 4.31 Å². The lowest BCUT2D eigenvalue weighted by Gasteiger charge is -2.31. The smallest absolute Gasteiger partial charge is 0.261 e. The highest BCUT2D eigenvalue weighted by molar-refractivity contribution is 7.89. The number of imidazole rings is 1. The average Bonchev–Trinajstić information content (AvgIpc) is 2.82. The van der Waals surface area contributed by atoms with Gasteiger partial charge in [0.05, 0.1) is 19.1 Å². The number of sulfonamides is 1. The molecule has 2 amide bonds. The van der Waals surface area contributed by atoms with Crippen LogP contribution in [0.15, 0.2) is 17.6 Å². The third-order valence-electron chi connectivity index (χ3n) is 2.66. The van der Waals surface area contributed by atoms with Crippen LogP contribution in [-0.4, -0.2) is 47.1 Å². The molecular formula is C9H12N4O4S. The fourth-order valence-electron chi connectivity index (χ4n) is 1.79. The molecule has 1 aromatic heterocycles. The normalized spacial score (nSPS) is 21.9. The topological polar surface area (TPSA) is 112 Å². The van der Waals surface area contributed by atoms with Crippen LogP contribution in [0.5, 0.6) is 0 Å². The molecule has 1 unspecified atom stereocenters. The number of H-pyrrole nitrogens is 1. The van der Waals surface area contributed by atoms with E-state index in [2.05, 4.69) is 15.3 Å². The van der Waals surface area contributed by atoms with Gasteiger partial charge in [-0.3, -0.25) is 14.9 Å². The molecule has 1 aromatic rings. The van der Waals surface area contributed by atoms with Crippen LogP contribution in [-0.2, 0) is 19.6 Å². The van der Waals surface area contributed by atoms with Crippen molar-refractivity contribution < 1.29 is 18.0 Å². The number of carbonyl (C=O) groups excluding carboxylic acids is 2. The number of nitrogens with zero attached hydrogens (tertiary/aromatic N) is 2. The molecule has 1 atom stereocenters. The second-order valence-electron chi connectivity index (χ2n) is 3.80. The number of rotatable bonds is 3. The largest absolute Gasteiger partial charge is 0.335 e. The zero-order valence-corrected chi connectivity index (χ0v) is 10.4. The highest BCUT2D eigenvalue weighted by atomic mass is 32.2. The maximum absolute atomic E-state index is 12.2. The van der Waals surface area contributed by atoms with Crippen molar-refractivity contribution in [3.05, 3.63) is 12.5 Å². The Bertz CT molecular complexity index is 565. The summed E-state index contributed by atoms with van der Waals surface area (Å²) in [6, 6.07) is -0.879. The summed E-state index contributed by atoms with van der Waals surface area (Å²) in [6.45, 7) is 1.31. The second-order valence-corrected chi connectivity index (χ2v) is 5.66. The summed E-state index contributed by atoms with van der Waals surface area (Å²) in [6.07, 6.45) is 2.64. The molecule has 0 aliphatic carbocycles. The van der Waals surface area contributed by atoms with Gasteiger partial charge in [0.1, 0.15) is 6.04 Å². The number of aromatic amines is 1. The minimum absolute atomic E-state index is 0.136. The van der Waals surface area contributed by atoms with Gasteiger partial charge in [-0.1, -0.05) is 6.92 Å². The standard InChI is InChI=1S/C9H12N4O4S/c1-2-6-9(15)12-7(14)4-13(6)18(16,17)8-3-10-5-11-8/h3,5-6H,2,4H2,1H3,(H,10,11)(H,12,14,15). The SMILES string of the molecule is CCC1C(=O)NC(=O)CN1S(=O)(=O)c1cnc[nH]1. The van der Waals surface area contributed by atoms with Crippen molar-refractivity contribution in [3.8, 4) is 0 Å². The van der Waals surface area contributed by atoms with E-state index in [1.165, 1.54) is 6.33 Å². The molecule has 1 aliphatic rings. The lowest BCUT2D eigenvalue weighted by molar-refractivity contribution is -0.137. The van der Waals surface area contributed by atoms with Crippen molar-refractivity contribution in [3.63, 3.8) is 0 Å². The van der Waals surface area contributed by atoms with Crippen molar-refractivity contribution in [1.29, 1.82) is 0 Å². The number of hydrogen-bond acceptors (Lipinski definition) is 5. The minimum Gasteiger partial charge on any atom is -0.335 e. The minimum atomic E-state index is -3.91. The molecule has 0 spiro atoms. The van der Waals surface area contributed by atoms with Crippen LogP contribution < -0.4 is 5.32 Å². The Kier molecular flexibility index (Phi) is 3.18. The summed E-state index contributed by atoms with van der Waals surface area (Å²) >= 11 is 0. The van der Waals surface area contributed by atoms with E-state index < -0.39 is 27.9 Å². The molecule has 98 valence electrons. The Balaban J connectivity index is 2.41. The van der Waals surface area contributed by atoms with Crippen molar-refractivity contribution >= 4 is 21.8 Å². The summed E-state index contributed by atoms with van der Waals surface area (Å²) < 4.78 is 25.4. The van der Waals surface area contributed by atoms with Gasteiger partial charge in [-0.15, -0.1) is 0 Å². The van der Waals surface area contributed by atoms with Crippen molar-refractivity contribution in [2.75, 3.05) is 6.54 Å². The van der Waals surface area contributed by atoms with E-state index in [0.29, 0.717) is 0 Å². The molecule has 18 heavy (non-hydrogen) atoms. The Morgan fingerprint density at radius 2 is 2.22 bits per heavy atom. The van der Waals surface area contributed by atoms with E-state index >= 15 is 0 Å². The molecule has 9 heteroatoms. The average molecular weight is 272 g/mol. The molecule has 1 saturated heterocycles. The highest BCUT2D eigenvalue weighted by Gasteiger charge is 2.41. The highest BCUT2D eigenvalue weighted by Crippen LogP contribution is 2.19. The van der Waals surface area contributed by atoms with Gasteiger partial charge in [0.2, 0.25) is 11.8 Å². The predicted molar refractivity (Wildman–Crippen MR) is 59.7 cm³/mol. The summed E-state index contributed by atoms with van der Waals surface area (Å²) in [5.41, 5.74) is 0. The lowest BCUT2D eigenvalue weighted by atomic mass is 10.2. The van der Waals surface area contributed by atoms with Gasteiger partial charge in [0, 0.05) is 0 Å². The molecule has 0 bridgehead atoms. The van der Waals surface area contributed by atoms with Crippen molar-refractivity contribution in [2.24, 2.45) is 0 Å². The second kappa shape index (κ2) is 4.50. The summed E-state index contributed by atoms with van der Waals surface area (Å²) in [5.74, 6) is -1.23. The van der Waals surface area contributed by atoms with Crippen molar-refractivity contribution in [2.45, 2.75) is 24.4 Å². The Labute approximate surface area is 103 Å². The first kappa shape index (κ1) is 12.7. The number of aromatic nitrogens is 2. The summed E-state index contributed by atoms with van der Waals surface area (Å²) in [5, 5.41) is 1.98. The molecule has 2 N–H and O–H groups in total. The van der Waals surface area contributed by atoms with Crippen LogP contribution in [0.2, 0.25) is 0 Å². The van der Waals surface area contributed by atoms with Gasteiger partial charge in [-0.25, -0.2) is 13.4 Å². The molecular weight excluding hydrogens is 260 g/mol. The molecule has 1 fully saturated rings. The van der Waals surface area contributed by atoms with Crippen LogP contribution in [0, 0.1) is 0 Å². The molecule has 0 radical (unpaired) electrons. The van der Waals surface area contributed by atoms with E-state index in [-0.39, 0.29) is 18.0 Å². The predicted octanol–water partition coefficient (Wildman–Crippen LogP) is -1.16. The van der Waals surface area contributed by atoms with Gasteiger partial charge < -0.3 is 4.98 Å². The molecule has 2 rings (SSSR count). The first-order valence-electron chi connectivity index (χ1n) is 5.30. The van der Waals surface area contributed by atoms with Crippen LogP contribution in [0.3, 0.4) is 0 Å². The molecule has 1 aliphatic heterocycles. The van der Waals surface area contributed by atoms with E-state index in [9.17, 15) is 18.0 Å². The van der Waals surface area contributed by atoms with Gasteiger partial charge in [0.25, 0.3) is 10.0 Å². The number of imide groups is 1. The van der Waals surface area contributed by atoms with E-state index in [1.54, 1.807) is 6.92 Å².